The Morgan fingerprint density at radius 2 is 2.00 bits per heavy atom. The van der Waals surface area contributed by atoms with Crippen molar-refractivity contribution < 1.29 is 9.53 Å². The minimum Gasteiger partial charge on any atom is -0.489 e. The van der Waals surface area contributed by atoms with Crippen LogP contribution in [0.25, 0.3) is 0 Å². The quantitative estimate of drug-likeness (QED) is 0.860. The molecule has 0 aromatic heterocycles. The maximum absolute atomic E-state index is 12.0. The fourth-order valence-corrected chi connectivity index (χ4v) is 4.86. The van der Waals surface area contributed by atoms with Crippen molar-refractivity contribution in [1.82, 2.24) is 4.90 Å². The van der Waals surface area contributed by atoms with E-state index in [4.69, 9.17) is 4.74 Å². The first kappa shape index (κ1) is 14.9. The van der Waals surface area contributed by atoms with Gasteiger partial charge in [-0.1, -0.05) is 48.5 Å². The number of fused-ring (bicyclic) bond motifs is 1. The van der Waals surface area contributed by atoms with E-state index in [0.717, 1.165) is 25.3 Å². The molecule has 1 saturated heterocycles. The van der Waals surface area contributed by atoms with Crippen LogP contribution in [-0.4, -0.2) is 23.3 Å². The Hall–Kier alpha value is -2.39. The van der Waals surface area contributed by atoms with Crippen LogP contribution in [0.1, 0.15) is 29.5 Å². The molecule has 2 aliphatic heterocycles. The van der Waals surface area contributed by atoms with Crippen molar-refractivity contribution in [3.8, 4) is 5.75 Å². The fourth-order valence-electron chi connectivity index (χ4n) is 4.86. The highest BCUT2D eigenvalue weighted by Crippen LogP contribution is 2.53. The number of allylic oxidation sites excluding steroid dienone is 1. The molecule has 3 heteroatoms. The van der Waals surface area contributed by atoms with Crippen molar-refractivity contribution in [3.05, 3.63) is 77.4 Å². The lowest BCUT2D eigenvalue weighted by Gasteiger charge is -2.44. The molecular weight excluding hydrogens is 310 g/mol. The second-order valence-corrected chi connectivity index (χ2v) is 7.34. The van der Waals surface area contributed by atoms with Gasteiger partial charge in [0.15, 0.2) is 5.78 Å². The van der Waals surface area contributed by atoms with E-state index in [9.17, 15) is 4.79 Å². The molecule has 0 saturated carbocycles. The van der Waals surface area contributed by atoms with Crippen LogP contribution in [0.4, 0.5) is 0 Å². The van der Waals surface area contributed by atoms with E-state index >= 15 is 0 Å². The normalized spacial score (nSPS) is 29.2. The van der Waals surface area contributed by atoms with E-state index in [-0.39, 0.29) is 11.2 Å². The molecule has 1 fully saturated rings. The smallest absolute Gasteiger partial charge is 0.157 e. The summed E-state index contributed by atoms with van der Waals surface area (Å²) in [4.78, 5) is 14.5. The van der Waals surface area contributed by atoms with E-state index in [1.807, 2.05) is 18.2 Å². The Kier molecular flexibility index (Phi) is 3.32. The number of ketones is 1. The van der Waals surface area contributed by atoms with Crippen molar-refractivity contribution in [1.29, 1.82) is 0 Å². The molecule has 3 aliphatic rings. The van der Waals surface area contributed by atoms with E-state index in [2.05, 4.69) is 41.3 Å². The van der Waals surface area contributed by atoms with Gasteiger partial charge in [0.2, 0.25) is 0 Å². The highest BCUT2D eigenvalue weighted by Gasteiger charge is 2.54. The standard InChI is InChI=1S/C22H21NO2/c24-18-9-10-22-11-12-23(20(22)13-18)14-17-7-4-8-19(21(17)22)25-15-16-5-2-1-3-6-16/h1-10,20H,11-15H2. The van der Waals surface area contributed by atoms with Crippen LogP contribution in [0.3, 0.4) is 0 Å². The molecule has 0 N–H and O–H groups in total. The number of nitrogens with zero attached hydrogens (tertiary/aromatic N) is 1. The summed E-state index contributed by atoms with van der Waals surface area (Å²) in [6.45, 7) is 2.55. The van der Waals surface area contributed by atoms with Crippen molar-refractivity contribution >= 4 is 5.78 Å². The minimum absolute atomic E-state index is 0.0607. The SMILES string of the molecule is O=C1C=CC23CCN(Cc4cccc(OCc5ccccc5)c42)C3C1. The van der Waals surface area contributed by atoms with Gasteiger partial charge in [-0.2, -0.15) is 0 Å². The zero-order valence-electron chi connectivity index (χ0n) is 14.2. The van der Waals surface area contributed by atoms with Crippen LogP contribution in [0.2, 0.25) is 0 Å². The van der Waals surface area contributed by atoms with E-state index in [1.165, 1.54) is 16.7 Å². The minimum atomic E-state index is -0.0607. The van der Waals surface area contributed by atoms with Crippen LogP contribution in [-0.2, 0) is 23.4 Å². The molecule has 2 bridgehead atoms. The first-order chi connectivity index (χ1) is 12.3. The van der Waals surface area contributed by atoms with Gasteiger partial charge in [-0.25, -0.2) is 0 Å². The zero-order chi connectivity index (χ0) is 16.9. The molecular formula is C22H21NO2. The lowest BCUT2D eigenvalue weighted by atomic mass is 9.66. The monoisotopic (exact) mass is 331 g/mol. The van der Waals surface area contributed by atoms with E-state index in [1.54, 1.807) is 6.08 Å². The summed E-state index contributed by atoms with van der Waals surface area (Å²) in [5.74, 6) is 1.23. The van der Waals surface area contributed by atoms with E-state index in [0.29, 0.717) is 19.1 Å². The number of hydrogen-bond donors (Lipinski definition) is 0. The van der Waals surface area contributed by atoms with Gasteiger partial charge >= 0.3 is 0 Å². The first-order valence-electron chi connectivity index (χ1n) is 9.01. The average molecular weight is 331 g/mol. The van der Waals surface area contributed by atoms with Crippen LogP contribution in [0.15, 0.2) is 60.7 Å². The lowest BCUT2D eigenvalue weighted by molar-refractivity contribution is -0.116. The van der Waals surface area contributed by atoms with Gasteiger partial charge < -0.3 is 4.74 Å². The Bertz CT molecular complexity index is 858. The average Bonchev–Trinajstić information content (AvgIpc) is 2.90. The Labute approximate surface area is 147 Å². The largest absolute Gasteiger partial charge is 0.489 e. The predicted molar refractivity (Wildman–Crippen MR) is 96.5 cm³/mol. The summed E-state index contributed by atoms with van der Waals surface area (Å²) in [6, 6.07) is 17.0. The summed E-state index contributed by atoms with van der Waals surface area (Å²) in [5, 5.41) is 0. The zero-order valence-corrected chi connectivity index (χ0v) is 14.2. The van der Waals surface area contributed by atoms with Crippen LogP contribution in [0, 0.1) is 0 Å². The number of hydrogen-bond acceptors (Lipinski definition) is 3. The van der Waals surface area contributed by atoms with Gasteiger partial charge in [-0.05, 0) is 29.7 Å². The number of rotatable bonds is 3. The number of carbonyl (C=O) groups excluding carboxylic acids is 1. The molecule has 0 radical (unpaired) electrons. The van der Waals surface area contributed by atoms with Gasteiger partial charge in [-0.3, -0.25) is 9.69 Å². The molecule has 5 rings (SSSR count). The van der Waals surface area contributed by atoms with Crippen molar-refractivity contribution in [2.75, 3.05) is 6.54 Å². The van der Waals surface area contributed by atoms with Crippen LogP contribution in [0.5, 0.6) is 5.75 Å². The summed E-state index contributed by atoms with van der Waals surface area (Å²) in [7, 11) is 0. The van der Waals surface area contributed by atoms with Crippen molar-refractivity contribution in [2.24, 2.45) is 0 Å². The van der Waals surface area contributed by atoms with Crippen LogP contribution < -0.4 is 4.74 Å². The fraction of sp³-hybridized carbons (Fsp3) is 0.318. The number of benzene rings is 2. The maximum atomic E-state index is 12.0. The molecule has 3 atom stereocenters. The van der Waals surface area contributed by atoms with E-state index < -0.39 is 0 Å². The Morgan fingerprint density at radius 3 is 2.88 bits per heavy atom. The van der Waals surface area contributed by atoms with Crippen LogP contribution >= 0.6 is 0 Å². The third-order valence-corrected chi connectivity index (χ3v) is 6.00. The summed E-state index contributed by atoms with van der Waals surface area (Å²) < 4.78 is 6.27. The third kappa shape index (κ3) is 2.26. The molecule has 25 heavy (non-hydrogen) atoms. The topological polar surface area (TPSA) is 29.5 Å². The second-order valence-electron chi connectivity index (χ2n) is 7.34. The molecule has 126 valence electrons. The molecule has 0 amide bonds. The molecule has 0 spiro atoms. The maximum Gasteiger partial charge on any atom is 0.157 e. The number of ether oxygens (including phenoxy) is 1. The van der Waals surface area contributed by atoms with Crippen molar-refractivity contribution in [3.63, 3.8) is 0 Å². The Balaban J connectivity index is 1.56. The lowest BCUT2D eigenvalue weighted by Crippen LogP contribution is -2.48. The van der Waals surface area contributed by atoms with Gasteiger partial charge in [0.25, 0.3) is 0 Å². The first-order valence-corrected chi connectivity index (χ1v) is 9.01. The summed E-state index contributed by atoms with van der Waals surface area (Å²) in [6.07, 6.45) is 5.66. The highest BCUT2D eigenvalue weighted by atomic mass is 16.5. The van der Waals surface area contributed by atoms with Crippen molar-refractivity contribution in [2.45, 2.75) is 37.5 Å². The highest BCUT2D eigenvalue weighted by molar-refractivity contribution is 5.92. The van der Waals surface area contributed by atoms with Gasteiger partial charge in [-0.15, -0.1) is 0 Å². The van der Waals surface area contributed by atoms with Gasteiger partial charge in [0.05, 0.1) is 0 Å². The van der Waals surface area contributed by atoms with Gasteiger partial charge in [0, 0.05) is 36.5 Å². The summed E-state index contributed by atoms with van der Waals surface area (Å²) in [5.41, 5.74) is 3.77. The second kappa shape index (κ2) is 5.57. The molecule has 3 unspecified atom stereocenters. The molecule has 1 aliphatic carbocycles. The predicted octanol–water partition coefficient (Wildman–Crippen LogP) is 3.62. The molecule has 2 aromatic rings. The molecule has 2 heterocycles. The number of carbonyl (C=O) groups is 1. The molecule has 3 nitrogen and oxygen atoms in total. The Morgan fingerprint density at radius 1 is 1.12 bits per heavy atom. The third-order valence-electron chi connectivity index (χ3n) is 6.00. The summed E-state index contributed by atoms with van der Waals surface area (Å²) >= 11 is 0. The van der Waals surface area contributed by atoms with Gasteiger partial charge in [0.1, 0.15) is 12.4 Å². The molecule has 2 aromatic carbocycles.